The van der Waals surface area contributed by atoms with E-state index in [1.165, 1.54) is 0 Å². The van der Waals surface area contributed by atoms with E-state index in [-0.39, 0.29) is 6.10 Å². The lowest BCUT2D eigenvalue weighted by Gasteiger charge is -2.13. The number of anilines is 1. The quantitative estimate of drug-likeness (QED) is 0.889. The Bertz CT molecular complexity index is 506. The number of nitrogens with one attached hydrogen (secondary N) is 1. The summed E-state index contributed by atoms with van der Waals surface area (Å²) in [6.07, 6.45) is 1.87. The number of aromatic nitrogens is 1. The Morgan fingerprint density at radius 1 is 1.11 bits per heavy atom. The maximum Gasteiger partial charge on any atom is 0.221 e. The van der Waals surface area contributed by atoms with Crippen LogP contribution >= 0.6 is 0 Å². The summed E-state index contributed by atoms with van der Waals surface area (Å²) in [5.41, 5.74) is 3.22. The molecule has 0 unspecified atom stereocenters. The van der Waals surface area contributed by atoms with Crippen LogP contribution in [0.4, 0.5) is 5.69 Å². The third-order valence-corrected chi connectivity index (χ3v) is 2.60. The fraction of sp³-hybridized carbons (Fsp3) is 0.267. The largest absolute Gasteiger partial charge is 0.475 e. The fourth-order valence-corrected chi connectivity index (χ4v) is 1.74. The van der Waals surface area contributed by atoms with Gasteiger partial charge in [-0.25, -0.2) is 4.98 Å². The minimum absolute atomic E-state index is 0.121. The van der Waals surface area contributed by atoms with Gasteiger partial charge in [0.25, 0.3) is 0 Å². The van der Waals surface area contributed by atoms with Gasteiger partial charge in [0, 0.05) is 24.5 Å². The average molecular weight is 242 g/mol. The number of ether oxygens (including phenoxy) is 1. The third kappa shape index (κ3) is 2.80. The molecule has 3 nitrogen and oxygen atoms in total. The molecule has 0 bridgehead atoms. The zero-order valence-electron chi connectivity index (χ0n) is 11.0. The van der Waals surface area contributed by atoms with Gasteiger partial charge in [-0.1, -0.05) is 12.1 Å². The first kappa shape index (κ1) is 12.4. The monoisotopic (exact) mass is 242 g/mol. The molecule has 0 saturated heterocycles. The van der Waals surface area contributed by atoms with E-state index in [2.05, 4.69) is 22.4 Å². The van der Waals surface area contributed by atoms with Gasteiger partial charge in [0.2, 0.25) is 5.88 Å². The zero-order chi connectivity index (χ0) is 13.0. The van der Waals surface area contributed by atoms with Crippen LogP contribution in [0.15, 0.2) is 42.6 Å². The topological polar surface area (TPSA) is 34.2 Å². The summed E-state index contributed by atoms with van der Waals surface area (Å²) in [7, 11) is 1.91. The highest BCUT2D eigenvalue weighted by Gasteiger charge is 2.08. The van der Waals surface area contributed by atoms with E-state index >= 15 is 0 Å². The highest BCUT2D eigenvalue weighted by Crippen LogP contribution is 2.29. The molecule has 1 aromatic carbocycles. The van der Waals surface area contributed by atoms with Crippen molar-refractivity contribution in [1.29, 1.82) is 0 Å². The second kappa shape index (κ2) is 5.54. The van der Waals surface area contributed by atoms with Crippen LogP contribution in [-0.2, 0) is 0 Å². The Labute approximate surface area is 108 Å². The molecule has 0 fully saturated rings. The molecule has 2 rings (SSSR count). The number of benzene rings is 1. The summed E-state index contributed by atoms with van der Waals surface area (Å²) in [4.78, 5) is 4.30. The number of rotatable bonds is 4. The van der Waals surface area contributed by atoms with Crippen LogP contribution in [0.2, 0.25) is 0 Å². The summed E-state index contributed by atoms with van der Waals surface area (Å²) < 4.78 is 5.73. The molecule has 1 aromatic heterocycles. The average Bonchev–Trinajstić information content (AvgIpc) is 2.39. The molecular weight excluding hydrogens is 224 g/mol. The van der Waals surface area contributed by atoms with Crippen LogP contribution < -0.4 is 10.1 Å². The molecule has 0 saturated carbocycles. The van der Waals surface area contributed by atoms with Gasteiger partial charge in [-0.15, -0.1) is 0 Å². The highest BCUT2D eigenvalue weighted by molar-refractivity contribution is 5.70. The van der Waals surface area contributed by atoms with E-state index in [1.54, 1.807) is 6.20 Å². The van der Waals surface area contributed by atoms with E-state index in [0.717, 1.165) is 16.8 Å². The maximum absolute atomic E-state index is 5.73. The molecule has 0 radical (unpaired) electrons. The fourth-order valence-electron chi connectivity index (χ4n) is 1.74. The lowest BCUT2D eigenvalue weighted by atomic mass is 10.1. The van der Waals surface area contributed by atoms with Crippen molar-refractivity contribution in [3.05, 3.63) is 42.6 Å². The molecule has 3 heteroatoms. The van der Waals surface area contributed by atoms with Gasteiger partial charge < -0.3 is 10.1 Å². The minimum Gasteiger partial charge on any atom is -0.475 e. The van der Waals surface area contributed by atoms with E-state index in [1.807, 2.05) is 45.2 Å². The summed E-state index contributed by atoms with van der Waals surface area (Å²) in [5, 5.41) is 3.11. The Kier molecular flexibility index (Phi) is 3.82. The summed E-state index contributed by atoms with van der Waals surface area (Å²) in [6, 6.07) is 12.2. The Hall–Kier alpha value is -2.03. The van der Waals surface area contributed by atoms with Gasteiger partial charge in [-0.05, 0) is 43.7 Å². The lowest BCUT2D eigenvalue weighted by molar-refractivity contribution is 0.234. The number of hydrogen-bond donors (Lipinski definition) is 1. The van der Waals surface area contributed by atoms with Crippen LogP contribution in [0.5, 0.6) is 5.88 Å². The van der Waals surface area contributed by atoms with Gasteiger partial charge in [0.1, 0.15) is 0 Å². The van der Waals surface area contributed by atoms with Gasteiger partial charge in [0.15, 0.2) is 0 Å². The molecule has 0 atom stereocenters. The normalized spacial score (nSPS) is 10.4. The highest BCUT2D eigenvalue weighted by atomic mass is 16.5. The molecule has 94 valence electrons. The van der Waals surface area contributed by atoms with Crippen LogP contribution in [0.1, 0.15) is 13.8 Å². The van der Waals surface area contributed by atoms with Crippen molar-refractivity contribution in [2.45, 2.75) is 20.0 Å². The lowest BCUT2D eigenvalue weighted by Crippen LogP contribution is -2.07. The predicted octanol–water partition coefficient (Wildman–Crippen LogP) is 3.58. The second-order valence-electron chi connectivity index (χ2n) is 4.35. The van der Waals surface area contributed by atoms with Crippen molar-refractivity contribution in [3.8, 4) is 17.0 Å². The van der Waals surface area contributed by atoms with Gasteiger partial charge in [-0.2, -0.15) is 0 Å². The van der Waals surface area contributed by atoms with Crippen LogP contribution in [0, 0.1) is 0 Å². The van der Waals surface area contributed by atoms with Gasteiger partial charge in [0.05, 0.1) is 6.10 Å². The van der Waals surface area contributed by atoms with Gasteiger partial charge in [-0.3, -0.25) is 0 Å². The Balaban J connectivity index is 2.36. The first-order valence-electron chi connectivity index (χ1n) is 6.10. The van der Waals surface area contributed by atoms with Crippen molar-refractivity contribution in [1.82, 2.24) is 4.98 Å². The van der Waals surface area contributed by atoms with E-state index < -0.39 is 0 Å². The summed E-state index contributed by atoms with van der Waals surface area (Å²) in [5.74, 6) is 0.685. The maximum atomic E-state index is 5.73. The summed E-state index contributed by atoms with van der Waals surface area (Å²) in [6.45, 7) is 4.01. The standard InChI is InChI=1S/C15H18N2O/c1-11(2)18-15-14(5-4-10-17-15)12-6-8-13(16-3)9-7-12/h4-11,16H,1-3H3. The van der Waals surface area contributed by atoms with Crippen molar-refractivity contribution in [3.63, 3.8) is 0 Å². The van der Waals surface area contributed by atoms with E-state index in [0.29, 0.717) is 5.88 Å². The molecule has 0 aliphatic heterocycles. The van der Waals surface area contributed by atoms with Crippen LogP contribution in [0.25, 0.3) is 11.1 Å². The van der Waals surface area contributed by atoms with Crippen molar-refractivity contribution < 1.29 is 4.74 Å². The van der Waals surface area contributed by atoms with E-state index in [4.69, 9.17) is 4.74 Å². The smallest absolute Gasteiger partial charge is 0.221 e. The molecule has 0 aliphatic carbocycles. The molecule has 0 amide bonds. The molecule has 0 aliphatic rings. The first-order valence-corrected chi connectivity index (χ1v) is 6.10. The van der Waals surface area contributed by atoms with Crippen molar-refractivity contribution in [2.24, 2.45) is 0 Å². The second-order valence-corrected chi connectivity index (χ2v) is 4.35. The zero-order valence-corrected chi connectivity index (χ0v) is 11.0. The third-order valence-electron chi connectivity index (χ3n) is 2.60. The molecule has 18 heavy (non-hydrogen) atoms. The van der Waals surface area contributed by atoms with Gasteiger partial charge >= 0.3 is 0 Å². The number of nitrogens with zero attached hydrogens (tertiary/aromatic N) is 1. The minimum atomic E-state index is 0.121. The summed E-state index contributed by atoms with van der Waals surface area (Å²) >= 11 is 0. The SMILES string of the molecule is CNc1ccc(-c2cccnc2OC(C)C)cc1. The van der Waals surface area contributed by atoms with Crippen LogP contribution in [0.3, 0.4) is 0 Å². The van der Waals surface area contributed by atoms with Crippen LogP contribution in [-0.4, -0.2) is 18.1 Å². The molecular formula is C15H18N2O. The molecule has 1 heterocycles. The van der Waals surface area contributed by atoms with Crippen molar-refractivity contribution in [2.75, 3.05) is 12.4 Å². The predicted molar refractivity (Wildman–Crippen MR) is 75.0 cm³/mol. The Morgan fingerprint density at radius 3 is 2.44 bits per heavy atom. The number of pyridine rings is 1. The number of hydrogen-bond acceptors (Lipinski definition) is 3. The molecule has 1 N–H and O–H groups in total. The van der Waals surface area contributed by atoms with Crippen molar-refractivity contribution >= 4 is 5.69 Å². The first-order chi connectivity index (χ1) is 8.70. The van der Waals surface area contributed by atoms with E-state index in [9.17, 15) is 0 Å². The molecule has 0 spiro atoms. The molecule has 2 aromatic rings. The Morgan fingerprint density at radius 2 is 1.83 bits per heavy atom.